The molecule has 1 fully saturated rings. The van der Waals surface area contributed by atoms with Crippen molar-refractivity contribution in [1.29, 1.82) is 0 Å². The van der Waals surface area contributed by atoms with Crippen molar-refractivity contribution in [3.05, 3.63) is 23.5 Å². The fraction of sp³-hybridized carbons (Fsp3) is 0.600. The fourth-order valence-corrected chi connectivity index (χ4v) is 3.48. The van der Waals surface area contributed by atoms with E-state index in [1.807, 2.05) is 16.7 Å². The van der Waals surface area contributed by atoms with Gasteiger partial charge in [0.2, 0.25) is 0 Å². The molecule has 1 atom stereocenters. The van der Waals surface area contributed by atoms with Crippen LogP contribution in [-0.2, 0) is 11.3 Å². The van der Waals surface area contributed by atoms with Gasteiger partial charge in [0, 0.05) is 18.2 Å². The van der Waals surface area contributed by atoms with Crippen molar-refractivity contribution in [1.82, 2.24) is 4.57 Å². The number of fused-ring (bicyclic) bond motifs is 1. The average Bonchev–Trinajstić information content (AvgIpc) is 2.99. The Morgan fingerprint density at radius 2 is 1.84 bits per heavy atom. The van der Waals surface area contributed by atoms with Crippen molar-refractivity contribution in [3.8, 4) is 0 Å². The summed E-state index contributed by atoms with van der Waals surface area (Å²) in [5.41, 5.74) is 1.53. The van der Waals surface area contributed by atoms with E-state index in [2.05, 4.69) is 0 Å². The molecule has 0 spiro atoms. The van der Waals surface area contributed by atoms with Crippen molar-refractivity contribution >= 4 is 11.8 Å². The van der Waals surface area contributed by atoms with E-state index in [1.165, 1.54) is 6.42 Å². The average molecular weight is 261 g/mol. The molecule has 19 heavy (non-hydrogen) atoms. The summed E-state index contributed by atoms with van der Waals surface area (Å²) in [6.07, 6.45) is 6.10. The Bertz CT molecular complexity index is 511. The molecule has 2 aliphatic rings. The third kappa shape index (κ3) is 2.09. The minimum Gasteiger partial charge on any atom is -0.481 e. The molecule has 4 nitrogen and oxygen atoms in total. The maximum absolute atomic E-state index is 12.5. The summed E-state index contributed by atoms with van der Waals surface area (Å²) in [5.74, 6) is -0.852. The molecule has 102 valence electrons. The number of carbonyl (C=O) groups is 2. The molecule has 1 aromatic heterocycles. The van der Waals surface area contributed by atoms with Gasteiger partial charge < -0.3 is 9.67 Å². The fourth-order valence-electron chi connectivity index (χ4n) is 3.48. The lowest BCUT2D eigenvalue weighted by Gasteiger charge is -2.20. The third-order valence-electron chi connectivity index (χ3n) is 4.54. The van der Waals surface area contributed by atoms with Crippen LogP contribution in [0, 0.1) is 5.92 Å². The molecule has 1 N–H and O–H groups in total. The number of aromatic nitrogens is 1. The molecular weight excluding hydrogens is 242 g/mol. The zero-order chi connectivity index (χ0) is 13.4. The van der Waals surface area contributed by atoms with E-state index in [1.54, 1.807) is 0 Å². The number of nitrogens with zero attached hydrogens (tertiary/aromatic N) is 1. The molecule has 1 aliphatic carbocycles. The van der Waals surface area contributed by atoms with Gasteiger partial charge in [0.15, 0.2) is 5.78 Å². The lowest BCUT2D eigenvalue weighted by atomic mass is 9.85. The van der Waals surface area contributed by atoms with Crippen LogP contribution in [0.4, 0.5) is 0 Å². The number of ketones is 1. The van der Waals surface area contributed by atoms with Crippen LogP contribution in [0.1, 0.15) is 60.6 Å². The first-order valence-electron chi connectivity index (χ1n) is 7.15. The molecule has 3 rings (SSSR count). The van der Waals surface area contributed by atoms with Gasteiger partial charge in [0.1, 0.15) is 0 Å². The Kier molecular flexibility index (Phi) is 3.17. The molecule has 4 heteroatoms. The molecule has 0 amide bonds. The van der Waals surface area contributed by atoms with Gasteiger partial charge in [0.05, 0.1) is 11.6 Å². The van der Waals surface area contributed by atoms with Gasteiger partial charge in [0.25, 0.3) is 0 Å². The van der Waals surface area contributed by atoms with Gasteiger partial charge >= 0.3 is 5.97 Å². The Balaban J connectivity index is 1.85. The summed E-state index contributed by atoms with van der Waals surface area (Å²) in [5, 5.41) is 9.16. The third-order valence-corrected chi connectivity index (χ3v) is 4.54. The normalized spacial score (nSPS) is 23.3. The predicted octanol–water partition coefficient (Wildman–Crippen LogP) is 2.82. The second-order valence-corrected chi connectivity index (χ2v) is 5.67. The summed E-state index contributed by atoms with van der Waals surface area (Å²) >= 11 is 0. The first-order valence-corrected chi connectivity index (χ1v) is 7.15. The van der Waals surface area contributed by atoms with Crippen molar-refractivity contribution in [2.24, 2.45) is 5.92 Å². The van der Waals surface area contributed by atoms with Crippen LogP contribution in [0.5, 0.6) is 0 Å². The second-order valence-electron chi connectivity index (χ2n) is 5.67. The molecule has 0 saturated heterocycles. The molecule has 1 saturated carbocycles. The van der Waals surface area contributed by atoms with Crippen LogP contribution in [0.3, 0.4) is 0 Å². The smallest absolute Gasteiger partial charge is 0.312 e. The SMILES string of the molecule is O=C(c1ccc2n1CCC2C(=O)O)C1CCCCC1. The molecule has 1 aromatic rings. The number of hydrogen-bond acceptors (Lipinski definition) is 2. The monoisotopic (exact) mass is 261 g/mol. The lowest BCUT2D eigenvalue weighted by Crippen LogP contribution is -2.20. The highest BCUT2D eigenvalue weighted by Crippen LogP contribution is 2.33. The van der Waals surface area contributed by atoms with E-state index < -0.39 is 11.9 Å². The Hall–Kier alpha value is -1.58. The van der Waals surface area contributed by atoms with Crippen LogP contribution < -0.4 is 0 Å². The molecule has 1 aliphatic heterocycles. The molecule has 1 unspecified atom stereocenters. The van der Waals surface area contributed by atoms with E-state index >= 15 is 0 Å². The van der Waals surface area contributed by atoms with Crippen molar-refractivity contribution in [3.63, 3.8) is 0 Å². The summed E-state index contributed by atoms with van der Waals surface area (Å²) in [6, 6.07) is 3.64. The summed E-state index contributed by atoms with van der Waals surface area (Å²) in [7, 11) is 0. The minimum atomic E-state index is -0.784. The highest BCUT2D eigenvalue weighted by Gasteiger charge is 2.33. The number of carboxylic acids is 1. The summed E-state index contributed by atoms with van der Waals surface area (Å²) in [6.45, 7) is 0.660. The van der Waals surface area contributed by atoms with Crippen molar-refractivity contribution in [2.75, 3.05) is 0 Å². The van der Waals surface area contributed by atoms with Crippen LogP contribution >= 0.6 is 0 Å². The molecular formula is C15H19NO3. The van der Waals surface area contributed by atoms with Crippen LogP contribution in [0.15, 0.2) is 12.1 Å². The standard InChI is InChI=1S/C15H19NO3/c17-14(10-4-2-1-3-5-10)13-7-6-12-11(15(18)19)8-9-16(12)13/h6-7,10-11H,1-5,8-9H2,(H,18,19). The van der Waals surface area contributed by atoms with Gasteiger partial charge in [-0.3, -0.25) is 9.59 Å². The molecule has 0 bridgehead atoms. The van der Waals surface area contributed by atoms with Gasteiger partial charge in [-0.2, -0.15) is 0 Å². The quantitative estimate of drug-likeness (QED) is 0.851. The summed E-state index contributed by atoms with van der Waals surface area (Å²) in [4.78, 5) is 23.7. The minimum absolute atomic E-state index is 0.150. The first kappa shape index (κ1) is 12.5. The van der Waals surface area contributed by atoms with Crippen molar-refractivity contribution in [2.45, 2.75) is 51.0 Å². The highest BCUT2D eigenvalue weighted by molar-refractivity contribution is 5.97. The number of hydrogen-bond donors (Lipinski definition) is 1. The Morgan fingerprint density at radius 3 is 2.53 bits per heavy atom. The number of carbonyl (C=O) groups excluding carboxylic acids is 1. The van der Waals surface area contributed by atoms with Gasteiger partial charge in [-0.15, -0.1) is 0 Å². The first-order chi connectivity index (χ1) is 9.18. The number of aliphatic carboxylic acids is 1. The van der Waals surface area contributed by atoms with E-state index in [0.29, 0.717) is 13.0 Å². The van der Waals surface area contributed by atoms with E-state index in [0.717, 1.165) is 37.1 Å². The number of carboxylic acid groups (broad SMARTS) is 1. The van der Waals surface area contributed by atoms with E-state index in [9.17, 15) is 9.59 Å². The molecule has 0 radical (unpaired) electrons. The second kappa shape index (κ2) is 4.83. The maximum atomic E-state index is 12.5. The zero-order valence-electron chi connectivity index (χ0n) is 11.0. The number of Topliss-reactive ketones (excluding diaryl/α,β-unsaturated/α-hetero) is 1. The van der Waals surface area contributed by atoms with E-state index in [-0.39, 0.29) is 11.7 Å². The van der Waals surface area contributed by atoms with Crippen molar-refractivity contribution < 1.29 is 14.7 Å². The largest absolute Gasteiger partial charge is 0.481 e. The lowest BCUT2D eigenvalue weighted by molar-refractivity contribution is -0.138. The topological polar surface area (TPSA) is 59.3 Å². The Labute approximate surface area is 112 Å². The van der Waals surface area contributed by atoms with Crippen LogP contribution in [-0.4, -0.2) is 21.4 Å². The van der Waals surface area contributed by atoms with Crippen LogP contribution in [0.2, 0.25) is 0 Å². The highest BCUT2D eigenvalue weighted by atomic mass is 16.4. The van der Waals surface area contributed by atoms with Gasteiger partial charge in [-0.25, -0.2) is 0 Å². The molecule has 2 heterocycles. The maximum Gasteiger partial charge on any atom is 0.312 e. The predicted molar refractivity (Wildman–Crippen MR) is 70.3 cm³/mol. The number of rotatable bonds is 3. The molecule has 0 aromatic carbocycles. The summed E-state index contributed by atoms with van der Waals surface area (Å²) < 4.78 is 1.93. The van der Waals surface area contributed by atoms with Crippen LogP contribution in [0.25, 0.3) is 0 Å². The zero-order valence-corrected chi connectivity index (χ0v) is 11.0. The Morgan fingerprint density at radius 1 is 1.11 bits per heavy atom. The van der Waals surface area contributed by atoms with Gasteiger partial charge in [-0.1, -0.05) is 19.3 Å². The van der Waals surface area contributed by atoms with E-state index in [4.69, 9.17) is 5.11 Å². The van der Waals surface area contributed by atoms with Gasteiger partial charge in [-0.05, 0) is 31.4 Å².